The minimum Gasteiger partial charge on any atom is -0.372 e. The van der Waals surface area contributed by atoms with Crippen LogP contribution in [0.2, 0.25) is 0 Å². The van der Waals surface area contributed by atoms with Gasteiger partial charge >= 0.3 is 0 Å². The molecule has 9 heteroatoms. The second kappa shape index (κ2) is 6.04. The molecule has 20 heavy (non-hydrogen) atoms. The number of tetrazole rings is 1. The Morgan fingerprint density at radius 1 is 1.35 bits per heavy atom. The van der Waals surface area contributed by atoms with Gasteiger partial charge in [-0.1, -0.05) is 12.8 Å². The van der Waals surface area contributed by atoms with Gasteiger partial charge in [-0.05, 0) is 51.0 Å². The van der Waals surface area contributed by atoms with E-state index in [9.17, 15) is 0 Å². The first-order valence-electron chi connectivity index (χ1n) is 6.43. The summed E-state index contributed by atoms with van der Waals surface area (Å²) < 4.78 is 2.75. The van der Waals surface area contributed by atoms with Gasteiger partial charge in [0.2, 0.25) is 5.16 Å². The summed E-state index contributed by atoms with van der Waals surface area (Å²) >= 11 is 4.96. The molecule has 7 nitrogen and oxygen atoms in total. The van der Waals surface area contributed by atoms with Gasteiger partial charge in [-0.2, -0.15) is 0 Å². The second-order valence-corrected chi connectivity index (χ2v) is 6.29. The molecule has 1 N–H and O–H groups in total. The SMILES string of the molecule is CNc1ncnc(Sc2nnnn2C2CCCC2)c1Br. The van der Waals surface area contributed by atoms with Gasteiger partial charge in [0.1, 0.15) is 17.2 Å². The molecule has 0 aliphatic heterocycles. The minimum atomic E-state index is 0.414. The van der Waals surface area contributed by atoms with Crippen LogP contribution in [0.4, 0.5) is 5.82 Å². The van der Waals surface area contributed by atoms with Crippen molar-refractivity contribution in [1.82, 2.24) is 30.2 Å². The Morgan fingerprint density at radius 3 is 2.90 bits per heavy atom. The maximum absolute atomic E-state index is 4.29. The predicted octanol–water partition coefficient (Wildman–Crippen LogP) is 2.53. The van der Waals surface area contributed by atoms with Crippen LogP contribution in [0.5, 0.6) is 0 Å². The number of halogens is 1. The van der Waals surface area contributed by atoms with Crippen molar-refractivity contribution in [3.05, 3.63) is 10.8 Å². The highest BCUT2D eigenvalue weighted by Gasteiger charge is 2.23. The van der Waals surface area contributed by atoms with Gasteiger partial charge in [0.05, 0.1) is 10.5 Å². The molecule has 106 valence electrons. The zero-order valence-corrected chi connectivity index (χ0v) is 13.4. The van der Waals surface area contributed by atoms with Crippen LogP contribution >= 0.6 is 27.7 Å². The number of nitrogens with zero attached hydrogens (tertiary/aromatic N) is 6. The first-order valence-corrected chi connectivity index (χ1v) is 8.04. The number of hydrogen-bond acceptors (Lipinski definition) is 7. The highest BCUT2D eigenvalue weighted by molar-refractivity contribution is 9.10. The smallest absolute Gasteiger partial charge is 0.215 e. The quantitative estimate of drug-likeness (QED) is 0.843. The van der Waals surface area contributed by atoms with Gasteiger partial charge < -0.3 is 5.32 Å². The topological polar surface area (TPSA) is 81.4 Å². The third kappa shape index (κ3) is 2.64. The van der Waals surface area contributed by atoms with E-state index in [4.69, 9.17) is 0 Å². The second-order valence-electron chi connectivity index (χ2n) is 4.54. The fourth-order valence-electron chi connectivity index (χ4n) is 2.32. The number of aromatic nitrogens is 6. The predicted molar refractivity (Wildman–Crippen MR) is 78.7 cm³/mol. The fourth-order valence-corrected chi connectivity index (χ4v) is 3.78. The number of rotatable bonds is 4. The maximum atomic E-state index is 4.29. The lowest BCUT2D eigenvalue weighted by Gasteiger charge is -2.11. The first-order chi connectivity index (χ1) is 9.79. The summed E-state index contributed by atoms with van der Waals surface area (Å²) in [5.41, 5.74) is 0. The lowest BCUT2D eigenvalue weighted by atomic mass is 10.3. The van der Waals surface area contributed by atoms with Gasteiger partial charge in [-0.15, -0.1) is 5.10 Å². The largest absolute Gasteiger partial charge is 0.372 e. The van der Waals surface area contributed by atoms with E-state index in [2.05, 4.69) is 46.7 Å². The van der Waals surface area contributed by atoms with Crippen LogP contribution in [0.25, 0.3) is 0 Å². The molecule has 0 bridgehead atoms. The van der Waals surface area contributed by atoms with Crippen molar-refractivity contribution in [3.8, 4) is 0 Å². The Morgan fingerprint density at radius 2 is 2.15 bits per heavy atom. The monoisotopic (exact) mass is 355 g/mol. The van der Waals surface area contributed by atoms with Crippen LogP contribution < -0.4 is 5.32 Å². The molecule has 1 aliphatic rings. The average Bonchev–Trinajstić information content (AvgIpc) is 3.11. The Labute approximate surface area is 129 Å². The average molecular weight is 356 g/mol. The van der Waals surface area contributed by atoms with Crippen molar-refractivity contribution in [1.29, 1.82) is 0 Å². The van der Waals surface area contributed by atoms with Gasteiger partial charge in [0.25, 0.3) is 0 Å². The Bertz CT molecular complexity index is 596. The third-order valence-electron chi connectivity index (χ3n) is 3.32. The molecule has 0 atom stereocenters. The van der Waals surface area contributed by atoms with E-state index >= 15 is 0 Å². The van der Waals surface area contributed by atoms with Crippen LogP contribution in [0.3, 0.4) is 0 Å². The summed E-state index contributed by atoms with van der Waals surface area (Å²) in [5, 5.41) is 16.6. The lowest BCUT2D eigenvalue weighted by Crippen LogP contribution is -2.08. The van der Waals surface area contributed by atoms with Crippen LogP contribution in [-0.2, 0) is 0 Å². The highest BCUT2D eigenvalue weighted by Crippen LogP contribution is 2.36. The van der Waals surface area contributed by atoms with Crippen molar-refractivity contribution in [2.24, 2.45) is 0 Å². The van der Waals surface area contributed by atoms with Crippen molar-refractivity contribution in [2.45, 2.75) is 41.9 Å². The molecule has 1 saturated carbocycles. The lowest BCUT2D eigenvalue weighted by molar-refractivity contribution is 0.423. The Balaban J connectivity index is 1.86. The van der Waals surface area contributed by atoms with Crippen molar-refractivity contribution < 1.29 is 0 Å². The van der Waals surface area contributed by atoms with E-state index in [1.807, 2.05) is 11.7 Å². The summed E-state index contributed by atoms with van der Waals surface area (Å²) in [4.78, 5) is 8.43. The molecular formula is C11H14BrN7S. The highest BCUT2D eigenvalue weighted by atomic mass is 79.9. The van der Waals surface area contributed by atoms with E-state index in [1.165, 1.54) is 30.9 Å². The Hall–Kier alpha value is -1.22. The first kappa shape index (κ1) is 13.7. The van der Waals surface area contributed by atoms with Gasteiger partial charge in [0.15, 0.2) is 0 Å². The van der Waals surface area contributed by atoms with Crippen LogP contribution in [0.1, 0.15) is 31.7 Å². The van der Waals surface area contributed by atoms with E-state index in [0.717, 1.165) is 33.3 Å². The van der Waals surface area contributed by atoms with E-state index < -0.39 is 0 Å². The van der Waals surface area contributed by atoms with Crippen LogP contribution in [0, 0.1) is 0 Å². The Kier molecular flexibility index (Phi) is 4.16. The molecule has 1 fully saturated rings. The standard InChI is InChI=1S/C11H14BrN7S/c1-13-9-8(12)10(15-6-14-9)20-11-16-17-18-19(11)7-4-2-3-5-7/h6-7H,2-5H2,1H3,(H,13,14,15). The number of anilines is 1. The van der Waals surface area contributed by atoms with Crippen molar-refractivity contribution >= 4 is 33.5 Å². The summed E-state index contributed by atoms with van der Waals surface area (Å²) in [5.74, 6) is 0.752. The molecule has 3 rings (SSSR count). The van der Waals surface area contributed by atoms with E-state index in [1.54, 1.807) is 0 Å². The van der Waals surface area contributed by atoms with Crippen LogP contribution in [0.15, 0.2) is 21.0 Å². The summed E-state index contributed by atoms with van der Waals surface area (Å²) in [6, 6.07) is 0.414. The molecule has 2 aromatic heterocycles. The molecule has 2 heterocycles. The van der Waals surface area contributed by atoms with Crippen molar-refractivity contribution in [3.63, 3.8) is 0 Å². The molecule has 0 unspecified atom stereocenters. The van der Waals surface area contributed by atoms with E-state index in [-0.39, 0.29) is 0 Å². The zero-order valence-electron chi connectivity index (χ0n) is 11.0. The third-order valence-corrected chi connectivity index (χ3v) is 5.28. The number of nitrogens with one attached hydrogen (secondary N) is 1. The van der Waals surface area contributed by atoms with Gasteiger partial charge in [-0.3, -0.25) is 0 Å². The number of hydrogen-bond donors (Lipinski definition) is 1. The molecule has 0 saturated heterocycles. The minimum absolute atomic E-state index is 0.414. The molecular weight excluding hydrogens is 342 g/mol. The normalized spacial score (nSPS) is 15.7. The molecule has 0 amide bonds. The van der Waals surface area contributed by atoms with E-state index in [0.29, 0.717) is 6.04 Å². The maximum Gasteiger partial charge on any atom is 0.215 e. The fraction of sp³-hybridized carbons (Fsp3) is 0.545. The molecule has 0 spiro atoms. The summed E-state index contributed by atoms with van der Waals surface area (Å²) in [6.45, 7) is 0. The van der Waals surface area contributed by atoms with Gasteiger partial charge in [-0.25, -0.2) is 14.6 Å². The van der Waals surface area contributed by atoms with Crippen molar-refractivity contribution in [2.75, 3.05) is 12.4 Å². The van der Waals surface area contributed by atoms with Crippen LogP contribution in [-0.4, -0.2) is 37.2 Å². The molecule has 2 aromatic rings. The molecule has 1 aliphatic carbocycles. The molecule has 0 aromatic carbocycles. The van der Waals surface area contributed by atoms with Gasteiger partial charge in [0, 0.05) is 7.05 Å². The summed E-state index contributed by atoms with van der Waals surface area (Å²) in [7, 11) is 1.82. The summed E-state index contributed by atoms with van der Waals surface area (Å²) in [6.07, 6.45) is 6.31. The molecule has 0 radical (unpaired) electrons. The zero-order chi connectivity index (χ0) is 13.9.